The quantitative estimate of drug-likeness (QED) is 0.203. The number of para-hydroxylation sites is 2. The van der Waals surface area contributed by atoms with Crippen LogP contribution in [0.1, 0.15) is 48.4 Å². The van der Waals surface area contributed by atoms with E-state index in [1.807, 2.05) is 47.4 Å². The summed E-state index contributed by atoms with van der Waals surface area (Å²) in [6.07, 6.45) is 3.31. The van der Waals surface area contributed by atoms with Gasteiger partial charge in [0.05, 0.1) is 0 Å². The number of piperidine rings is 1. The molecule has 0 saturated carbocycles. The fourth-order valence-corrected chi connectivity index (χ4v) is 6.25. The van der Waals surface area contributed by atoms with Gasteiger partial charge < -0.3 is 24.7 Å². The number of nitrogens with two attached hydrogens (primary N) is 1. The van der Waals surface area contributed by atoms with Crippen molar-refractivity contribution in [1.29, 1.82) is 0 Å². The monoisotopic (exact) mass is 582 g/mol. The maximum absolute atomic E-state index is 13.4. The number of fused-ring (bicyclic) bond motifs is 1. The number of hydrogen-bond acceptors (Lipinski definition) is 5. The molecule has 1 aromatic heterocycles. The maximum atomic E-state index is 13.4. The molecule has 8 nitrogen and oxygen atoms in total. The summed E-state index contributed by atoms with van der Waals surface area (Å²) in [5, 5.41) is 4.02. The Morgan fingerprint density at radius 2 is 1.77 bits per heavy atom. The van der Waals surface area contributed by atoms with Crippen LogP contribution in [0.4, 0.5) is 10.5 Å². The van der Waals surface area contributed by atoms with Crippen molar-refractivity contribution in [3.63, 3.8) is 0 Å². The van der Waals surface area contributed by atoms with Gasteiger partial charge >= 0.3 is 6.09 Å². The molecular weight excluding hydrogens is 540 g/mol. The van der Waals surface area contributed by atoms with E-state index in [4.69, 9.17) is 15.2 Å². The average molecular weight is 583 g/mol. The van der Waals surface area contributed by atoms with Gasteiger partial charge in [0.1, 0.15) is 5.75 Å². The fourth-order valence-electron chi connectivity index (χ4n) is 6.25. The highest BCUT2D eigenvalue weighted by atomic mass is 16.6. The molecule has 1 fully saturated rings. The van der Waals surface area contributed by atoms with Gasteiger partial charge in [0.15, 0.2) is 0 Å². The standard InChI is InChI=1S/C35H42N4O4/c1-25-31-13-6-7-14-32(31)39(20-9-21-42-2)34(25)27-10-8-19-38(24-27)33(40)23-28(36)22-26-15-17-29(18-16-26)37-35(41)43-30-11-4-3-5-12-30/h3-7,11-18,27-28H,8-10,19-24,36H2,1-2H3,(H,37,41)/t27?,28-/m1/s1. The Balaban J connectivity index is 1.17. The Hall–Kier alpha value is -4.14. The van der Waals surface area contributed by atoms with Crippen LogP contribution in [-0.2, 0) is 22.5 Å². The Morgan fingerprint density at radius 3 is 2.53 bits per heavy atom. The fraction of sp³-hybridized carbons (Fsp3) is 0.371. The van der Waals surface area contributed by atoms with Gasteiger partial charge in [-0.15, -0.1) is 0 Å². The van der Waals surface area contributed by atoms with E-state index in [2.05, 4.69) is 41.1 Å². The molecule has 1 aliphatic rings. The third-order valence-corrected chi connectivity index (χ3v) is 8.25. The van der Waals surface area contributed by atoms with Crippen LogP contribution >= 0.6 is 0 Å². The second-order valence-electron chi connectivity index (χ2n) is 11.4. The zero-order valence-corrected chi connectivity index (χ0v) is 25.1. The van der Waals surface area contributed by atoms with Gasteiger partial charge in [-0.3, -0.25) is 10.1 Å². The molecular formula is C35H42N4O4. The number of benzene rings is 3. The number of aryl methyl sites for hydroxylation is 2. The Morgan fingerprint density at radius 1 is 1.02 bits per heavy atom. The number of amides is 2. The van der Waals surface area contributed by atoms with Crippen molar-refractivity contribution in [2.75, 3.05) is 32.1 Å². The minimum absolute atomic E-state index is 0.110. The first-order chi connectivity index (χ1) is 20.9. The molecule has 1 aliphatic heterocycles. The first kappa shape index (κ1) is 30.3. The van der Waals surface area contributed by atoms with E-state index in [1.54, 1.807) is 19.2 Å². The number of aromatic nitrogens is 1. The van der Waals surface area contributed by atoms with Crippen molar-refractivity contribution in [3.05, 3.63) is 95.7 Å². The summed E-state index contributed by atoms with van der Waals surface area (Å²) < 4.78 is 13.1. The molecule has 2 amide bonds. The van der Waals surface area contributed by atoms with Crippen LogP contribution in [0.5, 0.6) is 5.75 Å². The number of likely N-dealkylation sites (tertiary alicyclic amines) is 1. The topological polar surface area (TPSA) is 98.8 Å². The Bertz CT molecular complexity index is 1520. The number of anilines is 1. The highest BCUT2D eigenvalue weighted by molar-refractivity contribution is 5.86. The highest BCUT2D eigenvalue weighted by Crippen LogP contribution is 2.36. The number of hydrogen-bond donors (Lipinski definition) is 2. The summed E-state index contributed by atoms with van der Waals surface area (Å²) in [5.41, 5.74) is 12.0. The summed E-state index contributed by atoms with van der Waals surface area (Å²) in [6.45, 7) is 5.32. The Kier molecular flexibility index (Phi) is 10.1. The van der Waals surface area contributed by atoms with E-state index in [0.29, 0.717) is 30.8 Å². The number of ether oxygens (including phenoxy) is 2. The number of carbonyl (C=O) groups is 2. The van der Waals surface area contributed by atoms with E-state index in [1.165, 1.54) is 22.2 Å². The summed E-state index contributed by atoms with van der Waals surface area (Å²) in [6, 6.07) is 24.7. The van der Waals surface area contributed by atoms with Gasteiger partial charge in [0, 0.05) is 74.0 Å². The number of nitrogens with zero attached hydrogens (tertiary/aromatic N) is 2. The number of rotatable bonds is 11. The molecule has 1 saturated heterocycles. The summed E-state index contributed by atoms with van der Waals surface area (Å²) in [7, 11) is 1.74. The van der Waals surface area contributed by atoms with E-state index in [9.17, 15) is 9.59 Å². The van der Waals surface area contributed by atoms with Crippen LogP contribution in [0.25, 0.3) is 10.9 Å². The van der Waals surface area contributed by atoms with Crippen molar-refractivity contribution < 1.29 is 19.1 Å². The largest absolute Gasteiger partial charge is 0.417 e. The minimum Gasteiger partial charge on any atom is -0.410 e. The predicted molar refractivity (Wildman–Crippen MR) is 171 cm³/mol. The van der Waals surface area contributed by atoms with Gasteiger partial charge in [-0.05, 0) is 74.1 Å². The molecule has 2 heterocycles. The van der Waals surface area contributed by atoms with Crippen molar-refractivity contribution in [3.8, 4) is 5.75 Å². The zero-order chi connectivity index (χ0) is 30.2. The van der Waals surface area contributed by atoms with Gasteiger partial charge in [-0.25, -0.2) is 4.79 Å². The lowest BCUT2D eigenvalue weighted by atomic mass is 9.91. The molecule has 1 unspecified atom stereocenters. The summed E-state index contributed by atoms with van der Waals surface area (Å²) in [4.78, 5) is 27.6. The van der Waals surface area contributed by atoms with Crippen LogP contribution in [0.3, 0.4) is 0 Å². The van der Waals surface area contributed by atoms with Gasteiger partial charge in [0.2, 0.25) is 5.91 Å². The molecule has 226 valence electrons. The van der Waals surface area contributed by atoms with Crippen LogP contribution in [0.2, 0.25) is 0 Å². The van der Waals surface area contributed by atoms with Gasteiger partial charge in [-0.2, -0.15) is 0 Å². The first-order valence-electron chi connectivity index (χ1n) is 15.2. The zero-order valence-electron chi connectivity index (χ0n) is 25.1. The van der Waals surface area contributed by atoms with Crippen LogP contribution in [0.15, 0.2) is 78.9 Å². The Labute approximate surface area is 253 Å². The maximum Gasteiger partial charge on any atom is 0.417 e. The first-order valence-corrected chi connectivity index (χ1v) is 15.2. The van der Waals surface area contributed by atoms with Crippen molar-refractivity contribution in [2.45, 2.75) is 57.5 Å². The lowest BCUT2D eigenvalue weighted by Crippen LogP contribution is -2.42. The molecule has 8 heteroatoms. The molecule has 0 radical (unpaired) electrons. The predicted octanol–water partition coefficient (Wildman–Crippen LogP) is 6.26. The highest BCUT2D eigenvalue weighted by Gasteiger charge is 2.29. The molecule has 0 bridgehead atoms. The normalized spacial score (nSPS) is 15.8. The molecule has 3 N–H and O–H groups in total. The van der Waals surface area contributed by atoms with E-state index < -0.39 is 6.09 Å². The van der Waals surface area contributed by atoms with Crippen molar-refractivity contribution in [2.24, 2.45) is 5.73 Å². The minimum atomic E-state index is -0.549. The molecule has 43 heavy (non-hydrogen) atoms. The van der Waals surface area contributed by atoms with E-state index in [-0.39, 0.29) is 17.9 Å². The van der Waals surface area contributed by atoms with Crippen LogP contribution in [0, 0.1) is 6.92 Å². The second-order valence-corrected chi connectivity index (χ2v) is 11.4. The number of methoxy groups -OCH3 is 1. The number of carbonyl (C=O) groups excluding carboxylic acids is 2. The number of nitrogens with one attached hydrogen (secondary N) is 1. The molecule has 0 aliphatic carbocycles. The summed E-state index contributed by atoms with van der Waals surface area (Å²) in [5.74, 6) is 0.878. The van der Waals surface area contributed by atoms with Gasteiger partial charge in [-0.1, -0.05) is 48.5 Å². The van der Waals surface area contributed by atoms with Gasteiger partial charge in [0.25, 0.3) is 0 Å². The van der Waals surface area contributed by atoms with Crippen molar-refractivity contribution >= 4 is 28.6 Å². The molecule has 4 aromatic rings. The lowest BCUT2D eigenvalue weighted by Gasteiger charge is -2.34. The van der Waals surface area contributed by atoms with E-state index >= 15 is 0 Å². The molecule has 3 aromatic carbocycles. The van der Waals surface area contributed by atoms with Crippen LogP contribution < -0.4 is 15.8 Å². The van der Waals surface area contributed by atoms with E-state index in [0.717, 1.165) is 44.5 Å². The molecule has 2 atom stereocenters. The third-order valence-electron chi connectivity index (χ3n) is 8.25. The smallest absolute Gasteiger partial charge is 0.410 e. The molecule has 0 spiro atoms. The van der Waals surface area contributed by atoms with Crippen molar-refractivity contribution in [1.82, 2.24) is 9.47 Å². The SMILES string of the molecule is COCCCn1c(C2CCCN(C(=O)C[C@H](N)Cc3ccc(NC(=O)Oc4ccccc4)cc3)C2)c(C)c2ccccc21. The second kappa shape index (κ2) is 14.4. The van der Waals surface area contributed by atoms with Crippen LogP contribution in [-0.4, -0.2) is 54.3 Å². The third kappa shape index (κ3) is 7.63. The molecule has 5 rings (SSSR count). The lowest BCUT2D eigenvalue weighted by molar-refractivity contribution is -0.132. The average Bonchev–Trinajstić information content (AvgIpc) is 3.30. The summed E-state index contributed by atoms with van der Waals surface area (Å²) >= 11 is 0.